The van der Waals surface area contributed by atoms with Gasteiger partial charge in [-0.25, -0.2) is 13.2 Å². The van der Waals surface area contributed by atoms with E-state index in [2.05, 4.69) is 31.2 Å². The minimum atomic E-state index is -0.524. The van der Waals surface area contributed by atoms with Crippen LogP contribution in [0.15, 0.2) is 54.6 Å². The maximum atomic E-state index is 14.5. The molecule has 0 aromatic heterocycles. The summed E-state index contributed by atoms with van der Waals surface area (Å²) in [6, 6.07) is 16.4. The van der Waals surface area contributed by atoms with Crippen molar-refractivity contribution in [3.8, 4) is 0 Å². The molecular weight excluding hydrogens is 357 g/mol. The van der Waals surface area contributed by atoms with Crippen LogP contribution in [0, 0.1) is 24.4 Å². The third kappa shape index (κ3) is 5.03. The van der Waals surface area contributed by atoms with Gasteiger partial charge in [0.2, 0.25) is 0 Å². The average molecular weight is 382 g/mol. The lowest BCUT2D eigenvalue weighted by molar-refractivity contribution is 0.555. The summed E-state index contributed by atoms with van der Waals surface area (Å²) in [5.41, 5.74) is 4.63. The van der Waals surface area contributed by atoms with Crippen molar-refractivity contribution in [3.63, 3.8) is 0 Å². The van der Waals surface area contributed by atoms with Crippen LogP contribution >= 0.6 is 0 Å². The predicted octanol–water partition coefficient (Wildman–Crippen LogP) is 6.55. The standard InChI is InChI=1S/C25H25F3/c1-3-22-24(27)15-20(16-25(22)28)11-13-21-12-10-19(14-23(21)26)9-8-18-6-4-17(2)5-7-18/h4-7,10,12,14-16H,3,8-9,11,13H2,1-2H3. The monoisotopic (exact) mass is 382 g/mol. The lowest BCUT2D eigenvalue weighted by atomic mass is 9.98. The first-order chi connectivity index (χ1) is 13.5. The van der Waals surface area contributed by atoms with Gasteiger partial charge in [0.05, 0.1) is 0 Å². The van der Waals surface area contributed by atoms with Gasteiger partial charge in [-0.05, 0) is 79.5 Å². The van der Waals surface area contributed by atoms with Crippen molar-refractivity contribution in [1.82, 2.24) is 0 Å². The Balaban J connectivity index is 1.62. The lowest BCUT2D eigenvalue weighted by Crippen LogP contribution is -2.01. The molecule has 0 nitrogen and oxygen atoms in total. The highest BCUT2D eigenvalue weighted by Gasteiger charge is 2.11. The Bertz CT molecular complexity index is 920. The molecule has 28 heavy (non-hydrogen) atoms. The molecule has 0 amide bonds. The first kappa shape index (κ1) is 20.2. The van der Waals surface area contributed by atoms with Crippen molar-refractivity contribution < 1.29 is 13.2 Å². The highest BCUT2D eigenvalue weighted by Crippen LogP contribution is 2.19. The molecule has 3 aromatic carbocycles. The second-order valence-electron chi connectivity index (χ2n) is 7.30. The molecule has 3 aromatic rings. The topological polar surface area (TPSA) is 0 Å². The second kappa shape index (κ2) is 9.09. The quantitative estimate of drug-likeness (QED) is 0.435. The maximum Gasteiger partial charge on any atom is 0.129 e. The normalized spacial score (nSPS) is 11.0. The van der Waals surface area contributed by atoms with Crippen molar-refractivity contribution in [2.45, 2.75) is 46.0 Å². The zero-order valence-electron chi connectivity index (χ0n) is 16.4. The van der Waals surface area contributed by atoms with E-state index in [4.69, 9.17) is 0 Å². The van der Waals surface area contributed by atoms with E-state index < -0.39 is 11.6 Å². The summed E-state index contributed by atoms with van der Waals surface area (Å²) in [6.45, 7) is 3.77. The molecule has 3 heteroatoms. The van der Waals surface area contributed by atoms with Crippen LogP contribution in [0.25, 0.3) is 0 Å². The fourth-order valence-corrected chi connectivity index (χ4v) is 3.41. The van der Waals surface area contributed by atoms with Crippen molar-refractivity contribution >= 4 is 0 Å². The number of hydrogen-bond donors (Lipinski definition) is 0. The van der Waals surface area contributed by atoms with Crippen molar-refractivity contribution in [3.05, 3.63) is 105 Å². The highest BCUT2D eigenvalue weighted by atomic mass is 19.1. The molecule has 0 heterocycles. The van der Waals surface area contributed by atoms with Gasteiger partial charge in [-0.3, -0.25) is 0 Å². The summed E-state index contributed by atoms with van der Waals surface area (Å²) in [4.78, 5) is 0. The van der Waals surface area contributed by atoms with Crippen LogP contribution in [-0.4, -0.2) is 0 Å². The molecule has 0 fully saturated rings. The largest absolute Gasteiger partial charge is 0.207 e. The van der Waals surface area contributed by atoms with E-state index in [0.717, 1.165) is 18.4 Å². The molecule has 146 valence electrons. The number of halogens is 3. The number of rotatable bonds is 7. The minimum Gasteiger partial charge on any atom is -0.207 e. The third-order valence-electron chi connectivity index (χ3n) is 5.18. The summed E-state index contributed by atoms with van der Waals surface area (Å²) in [7, 11) is 0. The zero-order valence-corrected chi connectivity index (χ0v) is 16.4. The molecule has 0 radical (unpaired) electrons. The van der Waals surface area contributed by atoms with E-state index in [-0.39, 0.29) is 11.4 Å². The molecular formula is C25H25F3. The minimum absolute atomic E-state index is 0.105. The molecule has 0 N–H and O–H groups in total. The van der Waals surface area contributed by atoms with Crippen LogP contribution in [0.5, 0.6) is 0 Å². The van der Waals surface area contributed by atoms with Crippen LogP contribution in [0.3, 0.4) is 0 Å². The van der Waals surface area contributed by atoms with Crippen LogP contribution in [0.4, 0.5) is 13.2 Å². The van der Waals surface area contributed by atoms with E-state index in [1.807, 2.05) is 6.07 Å². The van der Waals surface area contributed by atoms with Crippen LogP contribution in [0.1, 0.15) is 40.3 Å². The van der Waals surface area contributed by atoms with Gasteiger partial charge < -0.3 is 0 Å². The Morgan fingerprint density at radius 2 is 1.14 bits per heavy atom. The SMILES string of the molecule is CCc1c(F)cc(CCc2ccc(CCc3ccc(C)cc3)cc2F)cc1F. The number of hydrogen-bond acceptors (Lipinski definition) is 0. The Morgan fingerprint density at radius 1 is 0.607 bits per heavy atom. The van der Waals surface area contributed by atoms with Crippen LogP contribution in [0.2, 0.25) is 0 Å². The van der Waals surface area contributed by atoms with Gasteiger partial charge in [-0.15, -0.1) is 0 Å². The number of aryl methyl sites for hydroxylation is 5. The zero-order chi connectivity index (χ0) is 20.1. The Kier molecular flexibility index (Phi) is 6.56. The molecule has 0 unspecified atom stereocenters. The average Bonchev–Trinajstić information content (AvgIpc) is 2.66. The van der Waals surface area contributed by atoms with E-state index in [9.17, 15) is 13.2 Å². The Hall–Kier alpha value is -2.55. The second-order valence-corrected chi connectivity index (χ2v) is 7.30. The molecule has 0 saturated heterocycles. The van der Waals surface area contributed by atoms with Crippen molar-refractivity contribution in [1.29, 1.82) is 0 Å². The van der Waals surface area contributed by atoms with Crippen molar-refractivity contribution in [2.24, 2.45) is 0 Å². The summed E-state index contributed by atoms with van der Waals surface area (Å²) < 4.78 is 42.3. The molecule has 0 aliphatic heterocycles. The van der Waals surface area contributed by atoms with Gasteiger partial charge in [0.25, 0.3) is 0 Å². The van der Waals surface area contributed by atoms with E-state index >= 15 is 0 Å². The van der Waals surface area contributed by atoms with E-state index in [0.29, 0.717) is 30.4 Å². The first-order valence-electron chi connectivity index (χ1n) is 9.76. The van der Waals surface area contributed by atoms with E-state index in [1.54, 1.807) is 19.1 Å². The molecule has 0 aliphatic carbocycles. The molecule has 0 atom stereocenters. The Morgan fingerprint density at radius 3 is 1.75 bits per heavy atom. The fourth-order valence-electron chi connectivity index (χ4n) is 3.41. The van der Waals surface area contributed by atoms with Crippen LogP contribution < -0.4 is 0 Å². The molecule has 0 spiro atoms. The fraction of sp³-hybridized carbons (Fsp3) is 0.280. The highest BCUT2D eigenvalue weighted by molar-refractivity contribution is 5.30. The van der Waals surface area contributed by atoms with Gasteiger partial charge in [0, 0.05) is 5.56 Å². The van der Waals surface area contributed by atoms with Gasteiger partial charge in [0.15, 0.2) is 0 Å². The first-order valence-corrected chi connectivity index (χ1v) is 9.76. The summed E-state index contributed by atoms with van der Waals surface area (Å²) >= 11 is 0. The summed E-state index contributed by atoms with van der Waals surface area (Å²) in [6.07, 6.45) is 2.76. The number of benzene rings is 3. The van der Waals surface area contributed by atoms with E-state index in [1.165, 1.54) is 23.3 Å². The van der Waals surface area contributed by atoms with Gasteiger partial charge in [0.1, 0.15) is 17.5 Å². The van der Waals surface area contributed by atoms with Crippen molar-refractivity contribution in [2.75, 3.05) is 0 Å². The maximum absolute atomic E-state index is 14.5. The van der Waals surface area contributed by atoms with Gasteiger partial charge >= 0.3 is 0 Å². The van der Waals surface area contributed by atoms with Gasteiger partial charge in [-0.2, -0.15) is 0 Å². The lowest BCUT2D eigenvalue weighted by Gasteiger charge is -2.09. The summed E-state index contributed by atoms with van der Waals surface area (Å²) in [5, 5.41) is 0. The molecule has 0 aliphatic rings. The Labute approximate surface area is 165 Å². The van der Waals surface area contributed by atoms with Crippen LogP contribution in [-0.2, 0) is 32.1 Å². The van der Waals surface area contributed by atoms with Gasteiger partial charge in [-0.1, -0.05) is 48.9 Å². The molecule has 0 saturated carbocycles. The molecule has 3 rings (SSSR count). The third-order valence-corrected chi connectivity index (χ3v) is 5.18. The molecule has 0 bridgehead atoms. The predicted molar refractivity (Wildman–Crippen MR) is 108 cm³/mol. The summed E-state index contributed by atoms with van der Waals surface area (Å²) in [5.74, 6) is -1.30. The smallest absolute Gasteiger partial charge is 0.129 e.